The molecule has 3 aromatic rings. The lowest BCUT2D eigenvalue weighted by Gasteiger charge is -2.17. The Bertz CT molecular complexity index is 992. The van der Waals surface area contributed by atoms with Gasteiger partial charge in [-0.05, 0) is 38.1 Å². The summed E-state index contributed by atoms with van der Waals surface area (Å²) in [7, 11) is 1.54. The van der Waals surface area contributed by atoms with E-state index in [0.29, 0.717) is 34.6 Å². The molecule has 6 heteroatoms. The number of fused-ring (bicyclic) bond motifs is 1. The molecule has 0 saturated heterocycles. The molecule has 2 aromatic carbocycles. The monoisotopic (exact) mass is 370 g/mol. The number of hydrogen-bond acceptors (Lipinski definition) is 5. The van der Waals surface area contributed by atoms with E-state index in [2.05, 4.69) is 13.8 Å². The minimum Gasteiger partial charge on any atom is -0.507 e. The van der Waals surface area contributed by atoms with Crippen LogP contribution in [-0.2, 0) is 6.54 Å². The molecule has 6 nitrogen and oxygen atoms in total. The van der Waals surface area contributed by atoms with Crippen molar-refractivity contribution in [1.29, 1.82) is 0 Å². The molecule has 1 heterocycles. The summed E-state index contributed by atoms with van der Waals surface area (Å²) in [6, 6.07) is 10.2. The van der Waals surface area contributed by atoms with Gasteiger partial charge in [0.2, 0.25) is 11.2 Å². The van der Waals surface area contributed by atoms with Crippen LogP contribution in [0.1, 0.15) is 19.4 Å². The zero-order valence-electron chi connectivity index (χ0n) is 15.7. The molecule has 0 saturated carbocycles. The molecular weight excluding hydrogens is 346 g/mol. The molecule has 0 radical (unpaired) electrons. The van der Waals surface area contributed by atoms with Gasteiger partial charge in [0.15, 0.2) is 17.1 Å². The second-order valence-electron chi connectivity index (χ2n) is 6.26. The lowest BCUT2D eigenvalue weighted by molar-refractivity contribution is -0.910. The lowest BCUT2D eigenvalue weighted by atomic mass is 10.1. The van der Waals surface area contributed by atoms with E-state index in [1.165, 1.54) is 24.3 Å². The minimum atomic E-state index is -0.294. The fraction of sp³-hybridized carbons (Fsp3) is 0.286. The van der Waals surface area contributed by atoms with Gasteiger partial charge in [0.1, 0.15) is 18.6 Å². The quantitative estimate of drug-likeness (QED) is 0.669. The standard InChI is InChI=1S/C21H23NO5/c1-4-22(5-2)12-15-16(23)11-10-14-20(24)19(13-26-21(14)15)27-18-9-7-6-8-17(18)25-3/h6-11,13,23H,4-5,12H2,1-3H3/p+1. The van der Waals surface area contributed by atoms with Crippen molar-refractivity contribution >= 4 is 11.0 Å². The van der Waals surface area contributed by atoms with Gasteiger partial charge in [-0.25, -0.2) is 0 Å². The number of rotatable bonds is 7. The maximum Gasteiger partial charge on any atom is 0.235 e. The molecule has 2 N–H and O–H groups in total. The molecule has 0 bridgehead atoms. The molecule has 0 unspecified atom stereocenters. The van der Waals surface area contributed by atoms with Crippen LogP contribution in [0.25, 0.3) is 11.0 Å². The molecule has 27 heavy (non-hydrogen) atoms. The van der Waals surface area contributed by atoms with Gasteiger partial charge in [0, 0.05) is 0 Å². The van der Waals surface area contributed by atoms with Gasteiger partial charge < -0.3 is 23.9 Å². The highest BCUT2D eigenvalue weighted by atomic mass is 16.5. The van der Waals surface area contributed by atoms with Crippen molar-refractivity contribution in [3.8, 4) is 23.0 Å². The van der Waals surface area contributed by atoms with Gasteiger partial charge in [0.25, 0.3) is 0 Å². The minimum absolute atomic E-state index is 0.0684. The molecular formula is C21H24NO5+. The Labute approximate surface area is 157 Å². The SMILES string of the molecule is CC[NH+](CC)Cc1c(O)ccc2c(=O)c(Oc3ccccc3OC)coc12. The Morgan fingerprint density at radius 1 is 1.04 bits per heavy atom. The molecule has 0 fully saturated rings. The molecule has 0 spiro atoms. The topological polar surface area (TPSA) is 73.3 Å². The third kappa shape index (κ3) is 3.75. The van der Waals surface area contributed by atoms with E-state index in [1.54, 1.807) is 24.3 Å². The normalized spacial score (nSPS) is 11.1. The summed E-state index contributed by atoms with van der Waals surface area (Å²) in [6.45, 7) is 6.55. The molecule has 0 aliphatic carbocycles. The van der Waals surface area contributed by atoms with Crippen molar-refractivity contribution in [2.75, 3.05) is 20.2 Å². The van der Waals surface area contributed by atoms with E-state index in [0.717, 1.165) is 13.1 Å². The van der Waals surface area contributed by atoms with Crippen LogP contribution < -0.4 is 19.8 Å². The van der Waals surface area contributed by atoms with Gasteiger partial charge in [-0.1, -0.05) is 12.1 Å². The third-order valence-corrected chi connectivity index (χ3v) is 4.70. The maximum absolute atomic E-state index is 12.9. The predicted molar refractivity (Wildman–Crippen MR) is 103 cm³/mol. The highest BCUT2D eigenvalue weighted by Crippen LogP contribution is 2.31. The summed E-state index contributed by atoms with van der Waals surface area (Å²) in [5, 5.41) is 10.7. The summed E-state index contributed by atoms with van der Waals surface area (Å²) in [4.78, 5) is 14.2. The first-order valence-electron chi connectivity index (χ1n) is 8.99. The van der Waals surface area contributed by atoms with Crippen LogP contribution in [0.3, 0.4) is 0 Å². The van der Waals surface area contributed by atoms with Crippen molar-refractivity contribution in [3.63, 3.8) is 0 Å². The number of hydrogen-bond donors (Lipinski definition) is 2. The van der Waals surface area contributed by atoms with E-state index in [-0.39, 0.29) is 16.9 Å². The highest BCUT2D eigenvalue weighted by Gasteiger charge is 2.19. The summed E-state index contributed by atoms with van der Waals surface area (Å²) in [5.41, 5.74) is 0.733. The number of aromatic hydroxyl groups is 1. The molecule has 0 amide bonds. The number of para-hydroxylation sites is 2. The summed E-state index contributed by atoms with van der Waals surface area (Å²) in [6.07, 6.45) is 1.29. The zero-order chi connectivity index (χ0) is 19.4. The molecule has 0 atom stereocenters. The molecule has 3 rings (SSSR count). The highest BCUT2D eigenvalue weighted by molar-refractivity contribution is 5.82. The van der Waals surface area contributed by atoms with Crippen molar-refractivity contribution in [2.24, 2.45) is 0 Å². The summed E-state index contributed by atoms with van der Waals surface area (Å²) >= 11 is 0. The first-order valence-corrected chi connectivity index (χ1v) is 8.99. The lowest BCUT2D eigenvalue weighted by Crippen LogP contribution is -3.10. The number of benzene rings is 2. The first-order chi connectivity index (χ1) is 13.1. The van der Waals surface area contributed by atoms with Crippen molar-refractivity contribution in [3.05, 3.63) is 58.4 Å². The average molecular weight is 370 g/mol. The average Bonchev–Trinajstić information content (AvgIpc) is 2.69. The van der Waals surface area contributed by atoms with Gasteiger partial charge in [0.05, 0.1) is 31.1 Å². The Morgan fingerprint density at radius 3 is 2.41 bits per heavy atom. The Balaban J connectivity index is 2.05. The number of phenols is 1. The fourth-order valence-electron chi connectivity index (χ4n) is 3.04. The van der Waals surface area contributed by atoms with Crippen LogP contribution in [0.4, 0.5) is 0 Å². The van der Waals surface area contributed by atoms with Crippen LogP contribution in [0.5, 0.6) is 23.0 Å². The van der Waals surface area contributed by atoms with E-state index < -0.39 is 0 Å². The number of methoxy groups -OCH3 is 1. The predicted octanol–water partition coefficient (Wildman–Crippen LogP) is 2.72. The van der Waals surface area contributed by atoms with Gasteiger partial charge in [-0.15, -0.1) is 0 Å². The van der Waals surface area contributed by atoms with Gasteiger partial charge >= 0.3 is 0 Å². The maximum atomic E-state index is 12.9. The van der Waals surface area contributed by atoms with E-state index in [1.807, 2.05) is 6.07 Å². The molecule has 0 aliphatic rings. The van der Waals surface area contributed by atoms with Crippen LogP contribution >= 0.6 is 0 Å². The van der Waals surface area contributed by atoms with E-state index in [9.17, 15) is 9.90 Å². The van der Waals surface area contributed by atoms with Crippen molar-refractivity contribution in [2.45, 2.75) is 20.4 Å². The molecule has 0 aliphatic heterocycles. The second-order valence-corrected chi connectivity index (χ2v) is 6.26. The molecule has 1 aromatic heterocycles. The summed E-state index contributed by atoms with van der Waals surface area (Å²) < 4.78 is 16.7. The fourth-order valence-corrected chi connectivity index (χ4v) is 3.04. The van der Waals surface area contributed by atoms with Gasteiger partial charge in [-0.2, -0.15) is 0 Å². The third-order valence-electron chi connectivity index (χ3n) is 4.70. The van der Waals surface area contributed by atoms with E-state index in [4.69, 9.17) is 13.9 Å². The Morgan fingerprint density at radius 2 is 1.74 bits per heavy atom. The van der Waals surface area contributed by atoms with Crippen LogP contribution in [-0.4, -0.2) is 25.3 Å². The van der Waals surface area contributed by atoms with Crippen LogP contribution in [0.2, 0.25) is 0 Å². The molecule has 142 valence electrons. The Kier molecular flexibility index (Phi) is 5.66. The number of phenolic OH excluding ortho intramolecular Hbond substituents is 1. The second kappa shape index (κ2) is 8.14. The number of ether oxygens (including phenoxy) is 2. The number of quaternary nitrogens is 1. The summed E-state index contributed by atoms with van der Waals surface area (Å²) in [5.74, 6) is 1.15. The smallest absolute Gasteiger partial charge is 0.235 e. The van der Waals surface area contributed by atoms with Crippen molar-refractivity contribution in [1.82, 2.24) is 0 Å². The van der Waals surface area contributed by atoms with Crippen LogP contribution in [0.15, 0.2) is 51.9 Å². The first kappa shape index (κ1) is 18.8. The Hall–Kier alpha value is -2.99. The van der Waals surface area contributed by atoms with E-state index >= 15 is 0 Å². The van der Waals surface area contributed by atoms with Gasteiger partial charge in [-0.3, -0.25) is 4.79 Å². The zero-order valence-corrected chi connectivity index (χ0v) is 15.7. The van der Waals surface area contributed by atoms with Crippen molar-refractivity contribution < 1.29 is 23.9 Å². The number of nitrogens with one attached hydrogen (secondary N) is 1. The largest absolute Gasteiger partial charge is 0.507 e. The van der Waals surface area contributed by atoms with Crippen LogP contribution in [0, 0.1) is 0 Å².